The number of methoxy groups -OCH3 is 1. The van der Waals surface area contributed by atoms with E-state index in [1.165, 1.54) is 22.2 Å². The van der Waals surface area contributed by atoms with E-state index < -0.39 is 0 Å². The van der Waals surface area contributed by atoms with Gasteiger partial charge in [-0.15, -0.1) is 11.3 Å². The first-order valence-electron chi connectivity index (χ1n) is 6.75. The molecular formula is C16H20N2O2S. The highest BCUT2D eigenvalue weighted by molar-refractivity contribution is 7.12. The molecule has 1 aromatic heterocycles. The predicted molar refractivity (Wildman–Crippen MR) is 88.4 cm³/mol. The molecule has 0 spiro atoms. The van der Waals surface area contributed by atoms with Gasteiger partial charge >= 0.3 is 0 Å². The van der Waals surface area contributed by atoms with Crippen LogP contribution in [0.25, 0.3) is 0 Å². The summed E-state index contributed by atoms with van der Waals surface area (Å²) < 4.78 is 5.36. The quantitative estimate of drug-likeness (QED) is 0.879. The normalized spacial score (nSPS) is 10.3. The molecule has 1 aromatic carbocycles. The number of nitrogens with one attached hydrogen (secondary N) is 2. The molecule has 1 amide bonds. The van der Waals surface area contributed by atoms with Crippen LogP contribution < -0.4 is 15.4 Å². The van der Waals surface area contributed by atoms with Crippen molar-refractivity contribution in [2.75, 3.05) is 17.7 Å². The van der Waals surface area contributed by atoms with Gasteiger partial charge in [-0.2, -0.15) is 0 Å². The van der Waals surface area contributed by atoms with Crippen LogP contribution in [0.15, 0.2) is 24.3 Å². The van der Waals surface area contributed by atoms with Crippen molar-refractivity contribution in [2.45, 2.75) is 27.3 Å². The van der Waals surface area contributed by atoms with E-state index in [0.29, 0.717) is 0 Å². The number of hydrogen-bond donors (Lipinski definition) is 2. The maximum absolute atomic E-state index is 11.1. The topological polar surface area (TPSA) is 50.4 Å². The van der Waals surface area contributed by atoms with Crippen LogP contribution in [0, 0.1) is 13.8 Å². The average molecular weight is 304 g/mol. The summed E-state index contributed by atoms with van der Waals surface area (Å²) in [6.45, 7) is 6.46. The lowest BCUT2D eigenvalue weighted by atomic mass is 10.2. The van der Waals surface area contributed by atoms with Gasteiger partial charge in [0.05, 0.1) is 12.8 Å². The molecule has 112 valence electrons. The predicted octanol–water partition coefficient (Wildman–Crippen LogP) is 3.94. The maximum Gasteiger partial charge on any atom is 0.221 e. The van der Waals surface area contributed by atoms with Gasteiger partial charge < -0.3 is 15.4 Å². The molecule has 0 fully saturated rings. The summed E-state index contributed by atoms with van der Waals surface area (Å²) in [5.41, 5.74) is 2.90. The summed E-state index contributed by atoms with van der Waals surface area (Å²) in [7, 11) is 1.64. The average Bonchev–Trinajstić information content (AvgIpc) is 2.74. The van der Waals surface area contributed by atoms with Crippen LogP contribution in [-0.4, -0.2) is 13.0 Å². The first-order valence-corrected chi connectivity index (χ1v) is 7.56. The van der Waals surface area contributed by atoms with E-state index in [4.69, 9.17) is 4.74 Å². The number of rotatable bonds is 5. The molecule has 0 saturated heterocycles. The molecule has 0 aliphatic rings. The molecule has 0 unspecified atom stereocenters. The lowest BCUT2D eigenvalue weighted by Gasteiger charge is -2.13. The minimum Gasteiger partial charge on any atom is -0.495 e. The van der Waals surface area contributed by atoms with Gasteiger partial charge in [0.1, 0.15) is 5.75 Å². The number of hydrogen-bond acceptors (Lipinski definition) is 4. The molecule has 0 saturated carbocycles. The molecule has 21 heavy (non-hydrogen) atoms. The van der Waals surface area contributed by atoms with Gasteiger partial charge in [-0.05, 0) is 43.7 Å². The van der Waals surface area contributed by atoms with E-state index in [1.54, 1.807) is 18.4 Å². The lowest BCUT2D eigenvalue weighted by molar-refractivity contribution is -0.114. The Kier molecular flexibility index (Phi) is 4.85. The summed E-state index contributed by atoms with van der Waals surface area (Å²) >= 11 is 1.80. The number of benzene rings is 1. The van der Waals surface area contributed by atoms with Crippen molar-refractivity contribution in [3.05, 3.63) is 39.6 Å². The highest BCUT2D eigenvalue weighted by Crippen LogP contribution is 2.29. The second-order valence-electron chi connectivity index (χ2n) is 4.89. The largest absolute Gasteiger partial charge is 0.495 e. The summed E-state index contributed by atoms with van der Waals surface area (Å²) in [4.78, 5) is 13.8. The number of carbonyl (C=O) groups is 1. The Hall–Kier alpha value is -2.01. The Morgan fingerprint density at radius 2 is 2.05 bits per heavy atom. The van der Waals surface area contributed by atoms with Crippen molar-refractivity contribution >= 4 is 28.6 Å². The van der Waals surface area contributed by atoms with Gasteiger partial charge in [-0.25, -0.2) is 0 Å². The van der Waals surface area contributed by atoms with E-state index >= 15 is 0 Å². The van der Waals surface area contributed by atoms with Crippen LogP contribution in [0.3, 0.4) is 0 Å². The Morgan fingerprint density at radius 3 is 2.62 bits per heavy atom. The Bertz CT molecular complexity index is 650. The van der Waals surface area contributed by atoms with Crippen LogP contribution in [0.5, 0.6) is 5.75 Å². The number of aryl methyl sites for hydroxylation is 2. The Balaban J connectivity index is 2.17. The van der Waals surface area contributed by atoms with E-state index in [0.717, 1.165) is 23.7 Å². The Labute approximate surface area is 129 Å². The zero-order valence-corrected chi connectivity index (χ0v) is 13.6. The number of ether oxygens (including phenoxy) is 1. The molecule has 4 nitrogen and oxygen atoms in total. The van der Waals surface area contributed by atoms with Crippen LogP contribution in [-0.2, 0) is 11.3 Å². The first-order chi connectivity index (χ1) is 9.99. The minimum atomic E-state index is -0.0876. The number of amides is 1. The standard InChI is InChI=1S/C16H20N2O2S/c1-10-7-13(11(2)21-10)9-17-15-8-14(18-12(3)19)5-6-16(15)20-4/h5-8,17H,9H2,1-4H3,(H,18,19). The van der Waals surface area contributed by atoms with Crippen LogP contribution in [0.1, 0.15) is 22.2 Å². The second-order valence-corrected chi connectivity index (χ2v) is 6.35. The van der Waals surface area contributed by atoms with Gasteiger partial charge in [0.15, 0.2) is 0 Å². The van der Waals surface area contributed by atoms with Gasteiger partial charge in [0.2, 0.25) is 5.91 Å². The fourth-order valence-electron chi connectivity index (χ4n) is 2.18. The van der Waals surface area contributed by atoms with Crippen molar-refractivity contribution in [3.63, 3.8) is 0 Å². The smallest absolute Gasteiger partial charge is 0.221 e. The molecule has 2 aromatic rings. The minimum absolute atomic E-state index is 0.0876. The molecule has 2 N–H and O–H groups in total. The molecule has 2 rings (SSSR count). The number of thiophene rings is 1. The van der Waals surface area contributed by atoms with E-state index in [2.05, 4.69) is 30.5 Å². The van der Waals surface area contributed by atoms with E-state index in [9.17, 15) is 4.79 Å². The van der Waals surface area contributed by atoms with Crippen molar-refractivity contribution < 1.29 is 9.53 Å². The summed E-state index contributed by atoms with van der Waals surface area (Å²) in [5, 5.41) is 6.16. The zero-order valence-electron chi connectivity index (χ0n) is 12.7. The Morgan fingerprint density at radius 1 is 1.29 bits per heavy atom. The van der Waals surface area contributed by atoms with E-state index in [1.807, 2.05) is 18.2 Å². The molecule has 0 bridgehead atoms. The van der Waals surface area contributed by atoms with Crippen molar-refractivity contribution in [1.29, 1.82) is 0 Å². The van der Waals surface area contributed by atoms with Crippen LogP contribution in [0.2, 0.25) is 0 Å². The molecule has 0 radical (unpaired) electrons. The maximum atomic E-state index is 11.1. The number of carbonyl (C=O) groups excluding carboxylic acids is 1. The summed E-state index contributed by atoms with van der Waals surface area (Å²) in [6.07, 6.45) is 0. The molecule has 0 atom stereocenters. The fourth-order valence-corrected chi connectivity index (χ4v) is 3.12. The highest BCUT2D eigenvalue weighted by Gasteiger charge is 2.07. The van der Waals surface area contributed by atoms with Crippen LogP contribution >= 0.6 is 11.3 Å². The highest BCUT2D eigenvalue weighted by atomic mass is 32.1. The summed E-state index contributed by atoms with van der Waals surface area (Å²) in [5.74, 6) is 0.670. The van der Waals surface area contributed by atoms with Gasteiger partial charge in [-0.3, -0.25) is 4.79 Å². The van der Waals surface area contributed by atoms with Gasteiger partial charge in [0, 0.05) is 28.9 Å². The summed E-state index contributed by atoms with van der Waals surface area (Å²) in [6, 6.07) is 7.75. The first kappa shape index (κ1) is 15.4. The molecule has 0 aliphatic carbocycles. The monoisotopic (exact) mass is 304 g/mol. The van der Waals surface area contributed by atoms with Gasteiger partial charge in [0.25, 0.3) is 0 Å². The molecular weight excluding hydrogens is 284 g/mol. The second kappa shape index (κ2) is 6.63. The third kappa shape index (κ3) is 3.98. The van der Waals surface area contributed by atoms with Crippen molar-refractivity contribution in [2.24, 2.45) is 0 Å². The SMILES string of the molecule is COc1ccc(NC(C)=O)cc1NCc1cc(C)sc1C. The van der Waals surface area contributed by atoms with Gasteiger partial charge in [-0.1, -0.05) is 0 Å². The zero-order chi connectivity index (χ0) is 15.4. The molecule has 0 aliphatic heterocycles. The number of anilines is 2. The fraction of sp³-hybridized carbons (Fsp3) is 0.312. The lowest BCUT2D eigenvalue weighted by Crippen LogP contribution is -2.07. The third-order valence-corrected chi connectivity index (χ3v) is 4.14. The van der Waals surface area contributed by atoms with Crippen molar-refractivity contribution in [3.8, 4) is 5.75 Å². The molecule has 1 heterocycles. The molecule has 5 heteroatoms. The van der Waals surface area contributed by atoms with Crippen molar-refractivity contribution in [1.82, 2.24) is 0 Å². The van der Waals surface area contributed by atoms with Crippen LogP contribution in [0.4, 0.5) is 11.4 Å². The van der Waals surface area contributed by atoms with E-state index in [-0.39, 0.29) is 5.91 Å². The third-order valence-electron chi connectivity index (χ3n) is 3.13.